The van der Waals surface area contributed by atoms with E-state index in [1.807, 2.05) is 0 Å². The summed E-state index contributed by atoms with van der Waals surface area (Å²) in [5.41, 5.74) is 2.85. The summed E-state index contributed by atoms with van der Waals surface area (Å²) < 4.78 is 18.5. The van der Waals surface area contributed by atoms with Crippen LogP contribution in [-0.2, 0) is 14.0 Å². The van der Waals surface area contributed by atoms with Crippen LogP contribution in [0.25, 0.3) is 0 Å². The molecule has 2 aliphatic heterocycles. The zero-order valence-electron chi connectivity index (χ0n) is 16.8. The van der Waals surface area contributed by atoms with Gasteiger partial charge in [-0.25, -0.2) is 4.98 Å². The van der Waals surface area contributed by atoms with Crippen LogP contribution < -0.4 is 5.46 Å². The van der Waals surface area contributed by atoms with Gasteiger partial charge in [0.25, 0.3) is 0 Å². The molecule has 0 aliphatic carbocycles. The molecule has 144 valence electrons. The summed E-state index contributed by atoms with van der Waals surface area (Å²) in [6.45, 7) is 11.2. The van der Waals surface area contributed by atoms with Crippen LogP contribution in [0.1, 0.15) is 69.5 Å². The van der Waals surface area contributed by atoms with E-state index in [0.29, 0.717) is 0 Å². The Hall–Kier alpha value is -1.70. The van der Waals surface area contributed by atoms with Gasteiger partial charge in [0.1, 0.15) is 12.4 Å². The molecule has 2 aromatic rings. The minimum absolute atomic E-state index is 0.0802. The fourth-order valence-corrected chi connectivity index (χ4v) is 3.91. The van der Waals surface area contributed by atoms with Gasteiger partial charge in [0.2, 0.25) is 0 Å². The molecule has 2 unspecified atom stereocenters. The number of aromatic amines is 1. The predicted octanol–water partition coefficient (Wildman–Crippen LogP) is 3.05. The van der Waals surface area contributed by atoms with Gasteiger partial charge in [0.15, 0.2) is 5.82 Å². The molecule has 0 saturated carbocycles. The summed E-state index contributed by atoms with van der Waals surface area (Å²) in [5, 5.41) is 6.96. The van der Waals surface area contributed by atoms with Gasteiger partial charge >= 0.3 is 7.12 Å². The van der Waals surface area contributed by atoms with Crippen LogP contribution in [0.4, 0.5) is 0 Å². The molecule has 2 atom stereocenters. The van der Waals surface area contributed by atoms with Gasteiger partial charge < -0.3 is 14.0 Å². The zero-order chi connectivity index (χ0) is 19.2. The van der Waals surface area contributed by atoms with Crippen molar-refractivity contribution in [2.45, 2.75) is 70.7 Å². The molecule has 6 nitrogen and oxygen atoms in total. The average Bonchev–Trinajstić information content (AvgIpc) is 3.21. The molecule has 0 radical (unpaired) electrons. The number of nitrogens with zero attached hydrogens (tertiary/aromatic N) is 2. The lowest BCUT2D eigenvalue weighted by Crippen LogP contribution is -2.41. The first-order valence-electron chi connectivity index (χ1n) is 9.71. The highest BCUT2D eigenvalue weighted by atomic mass is 16.7. The van der Waals surface area contributed by atoms with E-state index in [9.17, 15) is 0 Å². The third kappa shape index (κ3) is 3.32. The summed E-state index contributed by atoms with van der Waals surface area (Å²) in [6, 6.07) is 6.55. The highest BCUT2D eigenvalue weighted by Crippen LogP contribution is 2.40. The van der Waals surface area contributed by atoms with Gasteiger partial charge in [-0.1, -0.05) is 23.8 Å². The largest absolute Gasteiger partial charge is 0.495 e. The van der Waals surface area contributed by atoms with Crippen molar-refractivity contribution < 1.29 is 14.0 Å². The van der Waals surface area contributed by atoms with E-state index in [0.717, 1.165) is 30.7 Å². The second-order valence-electron chi connectivity index (χ2n) is 8.62. The molecular weight excluding hydrogens is 341 g/mol. The predicted molar refractivity (Wildman–Crippen MR) is 104 cm³/mol. The Balaban J connectivity index is 1.60. The van der Waals surface area contributed by atoms with Crippen molar-refractivity contribution in [2.24, 2.45) is 0 Å². The first kappa shape index (κ1) is 18.7. The van der Waals surface area contributed by atoms with Crippen molar-refractivity contribution >= 4 is 12.6 Å². The maximum atomic E-state index is 6.23. The van der Waals surface area contributed by atoms with Gasteiger partial charge in [0, 0.05) is 12.5 Å². The number of rotatable bonds is 3. The molecular formula is C20H28BN3O3. The Morgan fingerprint density at radius 1 is 1.15 bits per heavy atom. The molecule has 4 rings (SSSR count). The smallest absolute Gasteiger partial charge is 0.399 e. The number of hydrogen-bond donors (Lipinski definition) is 1. The first-order valence-corrected chi connectivity index (χ1v) is 9.71. The van der Waals surface area contributed by atoms with Gasteiger partial charge in [0.05, 0.1) is 11.2 Å². The average molecular weight is 369 g/mol. The number of H-pyrrole nitrogens is 1. The zero-order valence-corrected chi connectivity index (χ0v) is 16.8. The molecule has 1 aromatic heterocycles. The molecule has 2 saturated heterocycles. The Morgan fingerprint density at radius 2 is 1.89 bits per heavy atom. The van der Waals surface area contributed by atoms with E-state index < -0.39 is 0 Å². The minimum atomic E-state index is -0.336. The van der Waals surface area contributed by atoms with E-state index in [2.05, 4.69) is 68.0 Å². The molecule has 2 fully saturated rings. The van der Waals surface area contributed by atoms with Gasteiger partial charge in [-0.2, -0.15) is 5.10 Å². The SMILES string of the molecule is Cc1cc(C2CCCOC2c2ncn[nH]2)ccc1B1OC(C)(C)C(C)(C)O1. The molecule has 7 heteroatoms. The van der Waals surface area contributed by atoms with Crippen LogP contribution in [0.15, 0.2) is 24.5 Å². The monoisotopic (exact) mass is 369 g/mol. The Bertz CT molecular complexity index is 791. The lowest BCUT2D eigenvalue weighted by molar-refractivity contribution is -0.00742. The fraction of sp³-hybridized carbons (Fsp3) is 0.600. The van der Waals surface area contributed by atoms with Crippen molar-refractivity contribution in [1.82, 2.24) is 15.2 Å². The summed E-state index contributed by atoms with van der Waals surface area (Å²) in [4.78, 5) is 4.32. The normalized spacial score (nSPS) is 27.1. The Kier molecular flexibility index (Phi) is 4.65. The number of hydrogen-bond acceptors (Lipinski definition) is 5. The van der Waals surface area contributed by atoms with E-state index in [-0.39, 0.29) is 30.3 Å². The molecule has 0 spiro atoms. The van der Waals surface area contributed by atoms with Crippen LogP contribution in [0.3, 0.4) is 0 Å². The number of ether oxygens (including phenoxy) is 1. The van der Waals surface area contributed by atoms with Crippen LogP contribution in [0, 0.1) is 6.92 Å². The molecule has 27 heavy (non-hydrogen) atoms. The van der Waals surface area contributed by atoms with Crippen LogP contribution >= 0.6 is 0 Å². The highest BCUT2D eigenvalue weighted by Gasteiger charge is 2.52. The Morgan fingerprint density at radius 3 is 2.52 bits per heavy atom. The van der Waals surface area contributed by atoms with E-state index in [1.54, 1.807) is 0 Å². The number of aromatic nitrogens is 3. The van der Waals surface area contributed by atoms with Crippen LogP contribution in [-0.4, -0.2) is 40.1 Å². The quantitative estimate of drug-likeness (QED) is 0.843. The third-order valence-electron chi connectivity index (χ3n) is 6.25. The number of benzene rings is 1. The van der Waals surface area contributed by atoms with Gasteiger partial charge in [-0.3, -0.25) is 5.10 Å². The maximum Gasteiger partial charge on any atom is 0.495 e. The fourth-order valence-electron chi connectivity index (χ4n) is 3.91. The summed E-state index contributed by atoms with van der Waals surface area (Å²) in [7, 11) is -0.336. The first-order chi connectivity index (χ1) is 12.8. The molecule has 0 bridgehead atoms. The number of aryl methyl sites for hydroxylation is 1. The van der Waals surface area contributed by atoms with Crippen LogP contribution in [0.2, 0.25) is 0 Å². The molecule has 1 N–H and O–H groups in total. The summed E-state index contributed by atoms with van der Waals surface area (Å²) in [5.74, 6) is 1.06. The Labute approximate surface area is 161 Å². The lowest BCUT2D eigenvalue weighted by Gasteiger charge is -2.32. The molecule has 0 amide bonds. The summed E-state index contributed by atoms with van der Waals surface area (Å²) in [6.07, 6.45) is 3.58. The summed E-state index contributed by atoms with van der Waals surface area (Å²) >= 11 is 0. The maximum absolute atomic E-state index is 6.23. The minimum Gasteiger partial charge on any atom is -0.399 e. The third-order valence-corrected chi connectivity index (χ3v) is 6.25. The van der Waals surface area contributed by atoms with E-state index in [4.69, 9.17) is 14.0 Å². The second kappa shape index (κ2) is 6.72. The molecule has 3 heterocycles. The highest BCUT2D eigenvalue weighted by molar-refractivity contribution is 6.62. The standard InChI is InChI=1S/C20H28BN3O3/c1-13-11-14(15-7-6-10-25-17(15)18-22-12-23-24-18)8-9-16(13)21-26-19(2,3)20(4,5)27-21/h8-9,11-12,15,17H,6-7,10H2,1-5H3,(H,22,23,24). The molecule has 2 aliphatic rings. The van der Waals surface area contributed by atoms with E-state index in [1.165, 1.54) is 17.5 Å². The van der Waals surface area contributed by atoms with Gasteiger partial charge in [-0.15, -0.1) is 0 Å². The lowest BCUT2D eigenvalue weighted by atomic mass is 9.74. The van der Waals surface area contributed by atoms with Gasteiger partial charge in [-0.05, 0) is 58.5 Å². The second-order valence-corrected chi connectivity index (χ2v) is 8.62. The van der Waals surface area contributed by atoms with E-state index >= 15 is 0 Å². The topological polar surface area (TPSA) is 69.3 Å². The van der Waals surface area contributed by atoms with Crippen molar-refractivity contribution in [3.8, 4) is 0 Å². The molecule has 1 aromatic carbocycles. The van der Waals surface area contributed by atoms with Crippen molar-refractivity contribution in [1.29, 1.82) is 0 Å². The van der Waals surface area contributed by atoms with Crippen molar-refractivity contribution in [2.75, 3.05) is 6.61 Å². The van der Waals surface area contributed by atoms with Crippen molar-refractivity contribution in [3.05, 3.63) is 41.5 Å². The van der Waals surface area contributed by atoms with Crippen molar-refractivity contribution in [3.63, 3.8) is 0 Å². The number of nitrogens with one attached hydrogen (secondary N) is 1. The van der Waals surface area contributed by atoms with Crippen LogP contribution in [0.5, 0.6) is 0 Å².